The third-order valence-electron chi connectivity index (χ3n) is 1.88. The van der Waals surface area contributed by atoms with Crippen molar-refractivity contribution in [2.75, 3.05) is 20.1 Å². The lowest BCUT2D eigenvalue weighted by molar-refractivity contribution is -0.137. The molecular formula is C10H15N3O4. The van der Waals surface area contributed by atoms with Crippen LogP contribution in [0.5, 0.6) is 0 Å². The molecule has 0 aromatic heterocycles. The van der Waals surface area contributed by atoms with E-state index >= 15 is 0 Å². The normalized spacial score (nSPS) is 10.9. The van der Waals surface area contributed by atoms with Gasteiger partial charge in [-0.15, -0.1) is 6.42 Å². The Hall–Kier alpha value is -2.23. The maximum atomic E-state index is 11.6. The number of likely N-dealkylation sites (N-methyl/N-ethyl adjacent to an activating group) is 1. The number of urea groups is 1. The standard InChI is InChI=1S/C10H15N3O4/c1-4-5-13(6-8(14)15)10(17)12-7(2)9(16)11-3/h1,7H,5-6H2,2-3H3,(H,11,16)(H,12,17)(H,14,15). The van der Waals surface area contributed by atoms with Gasteiger partial charge in [0.1, 0.15) is 12.6 Å². The molecule has 0 rings (SSSR count). The van der Waals surface area contributed by atoms with Gasteiger partial charge in [-0.2, -0.15) is 0 Å². The molecule has 94 valence electrons. The fraction of sp³-hybridized carbons (Fsp3) is 0.500. The zero-order valence-electron chi connectivity index (χ0n) is 9.69. The summed E-state index contributed by atoms with van der Waals surface area (Å²) < 4.78 is 0. The zero-order valence-corrected chi connectivity index (χ0v) is 9.69. The fourth-order valence-corrected chi connectivity index (χ4v) is 1.03. The first-order chi connectivity index (χ1) is 7.92. The molecule has 0 aliphatic rings. The molecule has 17 heavy (non-hydrogen) atoms. The molecule has 0 aromatic carbocycles. The van der Waals surface area contributed by atoms with Crippen LogP contribution in [0.1, 0.15) is 6.92 Å². The number of aliphatic carboxylic acids is 1. The number of carboxylic acids is 1. The molecule has 0 aromatic rings. The van der Waals surface area contributed by atoms with Gasteiger partial charge in [-0.05, 0) is 6.92 Å². The summed E-state index contributed by atoms with van der Waals surface area (Å²) in [4.78, 5) is 34.1. The largest absolute Gasteiger partial charge is 0.480 e. The molecule has 0 heterocycles. The lowest BCUT2D eigenvalue weighted by Crippen LogP contribution is -2.50. The zero-order chi connectivity index (χ0) is 13.4. The van der Waals surface area contributed by atoms with E-state index in [0.717, 1.165) is 4.90 Å². The maximum absolute atomic E-state index is 11.6. The quantitative estimate of drug-likeness (QED) is 0.529. The van der Waals surface area contributed by atoms with Crippen LogP contribution in [0.3, 0.4) is 0 Å². The third kappa shape index (κ3) is 5.41. The SMILES string of the molecule is C#CCN(CC(=O)O)C(=O)NC(C)C(=O)NC. The summed E-state index contributed by atoms with van der Waals surface area (Å²) in [5.74, 6) is 0.614. The predicted molar refractivity (Wildman–Crippen MR) is 60.1 cm³/mol. The average molecular weight is 241 g/mol. The first-order valence-corrected chi connectivity index (χ1v) is 4.84. The van der Waals surface area contributed by atoms with Crippen molar-refractivity contribution in [3.8, 4) is 12.3 Å². The van der Waals surface area contributed by atoms with Crippen molar-refractivity contribution in [1.29, 1.82) is 0 Å². The van der Waals surface area contributed by atoms with Crippen molar-refractivity contribution in [2.24, 2.45) is 0 Å². The van der Waals surface area contributed by atoms with E-state index in [-0.39, 0.29) is 12.5 Å². The number of hydrogen-bond donors (Lipinski definition) is 3. The topological polar surface area (TPSA) is 98.7 Å². The van der Waals surface area contributed by atoms with Crippen LogP contribution in [0.15, 0.2) is 0 Å². The van der Waals surface area contributed by atoms with Crippen molar-refractivity contribution >= 4 is 17.9 Å². The molecule has 0 aliphatic heterocycles. The molecule has 1 atom stereocenters. The van der Waals surface area contributed by atoms with E-state index in [1.165, 1.54) is 14.0 Å². The molecule has 3 N–H and O–H groups in total. The number of amides is 3. The van der Waals surface area contributed by atoms with E-state index in [0.29, 0.717) is 0 Å². The molecule has 0 fully saturated rings. The van der Waals surface area contributed by atoms with Crippen molar-refractivity contribution < 1.29 is 19.5 Å². The van der Waals surface area contributed by atoms with E-state index < -0.39 is 24.6 Å². The van der Waals surface area contributed by atoms with Gasteiger partial charge in [0, 0.05) is 7.05 Å². The molecule has 7 nitrogen and oxygen atoms in total. The van der Waals surface area contributed by atoms with E-state index in [4.69, 9.17) is 11.5 Å². The van der Waals surface area contributed by atoms with Crippen LogP contribution in [0.25, 0.3) is 0 Å². The van der Waals surface area contributed by atoms with Gasteiger partial charge < -0.3 is 20.6 Å². The van der Waals surface area contributed by atoms with E-state index in [2.05, 4.69) is 16.6 Å². The van der Waals surface area contributed by atoms with Gasteiger partial charge in [-0.3, -0.25) is 9.59 Å². The number of hydrogen-bond acceptors (Lipinski definition) is 3. The second-order valence-corrected chi connectivity index (χ2v) is 3.24. The third-order valence-corrected chi connectivity index (χ3v) is 1.88. The number of rotatable bonds is 5. The number of carbonyl (C=O) groups is 3. The predicted octanol–water partition coefficient (Wildman–Crippen LogP) is -1.15. The molecule has 0 bridgehead atoms. The second kappa shape index (κ2) is 7.11. The number of carbonyl (C=O) groups excluding carboxylic acids is 2. The first kappa shape index (κ1) is 14.8. The highest BCUT2D eigenvalue weighted by molar-refractivity contribution is 5.87. The molecule has 0 radical (unpaired) electrons. The summed E-state index contributed by atoms with van der Waals surface area (Å²) in [5, 5.41) is 13.3. The highest BCUT2D eigenvalue weighted by Gasteiger charge is 2.20. The lowest BCUT2D eigenvalue weighted by atomic mass is 10.3. The van der Waals surface area contributed by atoms with E-state index in [1.807, 2.05) is 0 Å². The van der Waals surface area contributed by atoms with Crippen LogP contribution in [-0.2, 0) is 9.59 Å². The summed E-state index contributed by atoms with van der Waals surface area (Å²) in [5.41, 5.74) is 0. The Balaban J connectivity index is 4.47. The van der Waals surface area contributed by atoms with Crippen molar-refractivity contribution in [3.63, 3.8) is 0 Å². The smallest absolute Gasteiger partial charge is 0.323 e. The number of terminal acetylenes is 1. The van der Waals surface area contributed by atoms with Gasteiger partial charge in [-0.1, -0.05) is 5.92 Å². The molecule has 1 unspecified atom stereocenters. The number of nitrogens with one attached hydrogen (secondary N) is 2. The van der Waals surface area contributed by atoms with E-state index in [9.17, 15) is 14.4 Å². The van der Waals surface area contributed by atoms with Gasteiger partial charge in [0.15, 0.2) is 0 Å². The Kier molecular flexibility index (Phi) is 6.18. The Morgan fingerprint density at radius 3 is 2.47 bits per heavy atom. The van der Waals surface area contributed by atoms with Crippen LogP contribution in [0, 0.1) is 12.3 Å². The minimum Gasteiger partial charge on any atom is -0.480 e. The molecule has 0 saturated carbocycles. The summed E-state index contributed by atoms with van der Waals surface area (Å²) in [6.07, 6.45) is 5.02. The Bertz CT molecular complexity index is 348. The molecule has 0 aliphatic carbocycles. The monoisotopic (exact) mass is 241 g/mol. The van der Waals surface area contributed by atoms with Crippen molar-refractivity contribution in [2.45, 2.75) is 13.0 Å². The van der Waals surface area contributed by atoms with Crippen LogP contribution >= 0.6 is 0 Å². The summed E-state index contributed by atoms with van der Waals surface area (Å²) in [6, 6.07) is -1.46. The summed E-state index contributed by atoms with van der Waals surface area (Å²) in [7, 11) is 1.43. The Morgan fingerprint density at radius 2 is 2.06 bits per heavy atom. The first-order valence-electron chi connectivity index (χ1n) is 4.84. The van der Waals surface area contributed by atoms with E-state index in [1.54, 1.807) is 0 Å². The summed E-state index contributed by atoms with van der Waals surface area (Å²) >= 11 is 0. The fourth-order valence-electron chi connectivity index (χ4n) is 1.03. The summed E-state index contributed by atoms with van der Waals surface area (Å²) in [6.45, 7) is 0.820. The molecule has 3 amide bonds. The molecule has 7 heteroatoms. The highest BCUT2D eigenvalue weighted by Crippen LogP contribution is 1.91. The maximum Gasteiger partial charge on any atom is 0.323 e. The van der Waals surface area contributed by atoms with Crippen LogP contribution < -0.4 is 10.6 Å². The van der Waals surface area contributed by atoms with Crippen LogP contribution in [0.2, 0.25) is 0 Å². The number of carboxylic acid groups (broad SMARTS) is 1. The van der Waals surface area contributed by atoms with Gasteiger partial charge in [0.05, 0.1) is 6.54 Å². The van der Waals surface area contributed by atoms with Gasteiger partial charge >= 0.3 is 12.0 Å². The van der Waals surface area contributed by atoms with Crippen LogP contribution in [-0.4, -0.2) is 54.1 Å². The van der Waals surface area contributed by atoms with Crippen LogP contribution in [0.4, 0.5) is 4.79 Å². The van der Waals surface area contributed by atoms with Crippen molar-refractivity contribution in [3.05, 3.63) is 0 Å². The van der Waals surface area contributed by atoms with Crippen molar-refractivity contribution in [1.82, 2.24) is 15.5 Å². The molecule has 0 saturated heterocycles. The minimum atomic E-state index is -1.18. The molecule has 0 spiro atoms. The number of nitrogens with zero attached hydrogens (tertiary/aromatic N) is 1. The molecular weight excluding hydrogens is 226 g/mol. The van der Waals surface area contributed by atoms with Gasteiger partial charge in [-0.25, -0.2) is 4.79 Å². The lowest BCUT2D eigenvalue weighted by Gasteiger charge is -2.21. The van der Waals surface area contributed by atoms with Gasteiger partial charge in [0.25, 0.3) is 0 Å². The second-order valence-electron chi connectivity index (χ2n) is 3.24. The minimum absolute atomic E-state index is 0.140. The highest BCUT2D eigenvalue weighted by atomic mass is 16.4. The van der Waals surface area contributed by atoms with Gasteiger partial charge in [0.2, 0.25) is 5.91 Å². The Labute approximate surface area is 99.2 Å². The Morgan fingerprint density at radius 1 is 1.47 bits per heavy atom. The average Bonchev–Trinajstić information content (AvgIpc) is 2.26.